The van der Waals surface area contributed by atoms with E-state index in [1.54, 1.807) is 13.0 Å². The van der Waals surface area contributed by atoms with E-state index in [0.29, 0.717) is 28.1 Å². The van der Waals surface area contributed by atoms with Crippen molar-refractivity contribution in [1.82, 2.24) is 15.5 Å². The number of benzene rings is 1. The highest BCUT2D eigenvalue weighted by Gasteiger charge is 2.18. The van der Waals surface area contributed by atoms with Gasteiger partial charge in [0.2, 0.25) is 0 Å². The Kier molecular flexibility index (Phi) is 4.57. The molecule has 0 atom stereocenters. The lowest BCUT2D eigenvalue weighted by atomic mass is 10.1. The van der Waals surface area contributed by atoms with Crippen LogP contribution in [0.15, 0.2) is 34.9 Å². The molecule has 0 saturated heterocycles. The second-order valence-corrected chi connectivity index (χ2v) is 5.69. The van der Waals surface area contributed by atoms with Crippen molar-refractivity contribution in [3.63, 3.8) is 0 Å². The highest BCUT2D eigenvalue weighted by atomic mass is 16.5. The maximum absolute atomic E-state index is 12.7. The minimum absolute atomic E-state index is 0.197. The summed E-state index contributed by atoms with van der Waals surface area (Å²) >= 11 is 0. The first-order chi connectivity index (χ1) is 11.6. The van der Waals surface area contributed by atoms with Gasteiger partial charge in [-0.15, -0.1) is 0 Å². The number of pyridine rings is 1. The number of carbonyl (C=O) groups is 1. The van der Waals surface area contributed by atoms with E-state index in [4.69, 9.17) is 4.52 Å². The smallest absolute Gasteiger partial charge is 0.258 e. The SMILES string of the molecule is CCNCc1cccc(NC(=O)c2cc(C)nc3onc(C)c23)c1. The fraction of sp³-hybridized carbons (Fsp3) is 0.278. The maximum atomic E-state index is 12.7. The third kappa shape index (κ3) is 3.28. The summed E-state index contributed by atoms with van der Waals surface area (Å²) < 4.78 is 5.18. The van der Waals surface area contributed by atoms with Crippen LogP contribution in [0.4, 0.5) is 5.69 Å². The fourth-order valence-electron chi connectivity index (χ4n) is 2.62. The highest BCUT2D eigenvalue weighted by Crippen LogP contribution is 2.23. The summed E-state index contributed by atoms with van der Waals surface area (Å²) in [6.45, 7) is 7.35. The minimum atomic E-state index is -0.197. The van der Waals surface area contributed by atoms with E-state index in [1.807, 2.05) is 31.2 Å². The fourth-order valence-corrected chi connectivity index (χ4v) is 2.62. The van der Waals surface area contributed by atoms with Crippen LogP contribution in [0.5, 0.6) is 0 Å². The molecule has 124 valence electrons. The van der Waals surface area contributed by atoms with Gasteiger partial charge in [-0.3, -0.25) is 4.79 Å². The number of amides is 1. The molecule has 0 bridgehead atoms. The first kappa shape index (κ1) is 16.1. The standard InChI is InChI=1S/C18H20N4O2/c1-4-19-10-13-6-5-7-14(9-13)21-17(23)15-8-11(2)20-18-16(15)12(3)22-24-18/h5-9,19H,4,10H2,1-3H3,(H,21,23). The topological polar surface area (TPSA) is 80.0 Å². The Morgan fingerprint density at radius 3 is 2.88 bits per heavy atom. The number of hydrogen-bond donors (Lipinski definition) is 2. The molecule has 0 unspecified atom stereocenters. The molecule has 2 heterocycles. The van der Waals surface area contributed by atoms with Gasteiger partial charge in [-0.05, 0) is 44.2 Å². The van der Waals surface area contributed by atoms with Crippen molar-refractivity contribution in [2.24, 2.45) is 0 Å². The van der Waals surface area contributed by atoms with Crippen molar-refractivity contribution < 1.29 is 9.32 Å². The predicted molar refractivity (Wildman–Crippen MR) is 93.1 cm³/mol. The minimum Gasteiger partial charge on any atom is -0.336 e. The van der Waals surface area contributed by atoms with Gasteiger partial charge < -0.3 is 15.2 Å². The van der Waals surface area contributed by atoms with Crippen molar-refractivity contribution in [3.8, 4) is 0 Å². The van der Waals surface area contributed by atoms with Crippen LogP contribution in [0.1, 0.15) is 34.2 Å². The number of aryl methyl sites for hydroxylation is 2. The van der Waals surface area contributed by atoms with E-state index < -0.39 is 0 Å². The van der Waals surface area contributed by atoms with Crippen LogP contribution < -0.4 is 10.6 Å². The average molecular weight is 324 g/mol. The maximum Gasteiger partial charge on any atom is 0.258 e. The Balaban J connectivity index is 1.89. The van der Waals surface area contributed by atoms with E-state index in [2.05, 4.69) is 27.7 Å². The molecule has 2 N–H and O–H groups in total. The van der Waals surface area contributed by atoms with Gasteiger partial charge in [-0.25, -0.2) is 4.98 Å². The summed E-state index contributed by atoms with van der Waals surface area (Å²) in [7, 11) is 0. The van der Waals surface area contributed by atoms with Crippen molar-refractivity contribution in [2.45, 2.75) is 27.3 Å². The zero-order valence-corrected chi connectivity index (χ0v) is 14.0. The number of hydrogen-bond acceptors (Lipinski definition) is 5. The highest BCUT2D eigenvalue weighted by molar-refractivity contribution is 6.12. The van der Waals surface area contributed by atoms with Gasteiger partial charge in [0, 0.05) is 17.9 Å². The van der Waals surface area contributed by atoms with E-state index in [0.717, 1.165) is 24.3 Å². The summed E-state index contributed by atoms with van der Waals surface area (Å²) in [5.41, 5.74) is 4.15. The number of nitrogens with one attached hydrogen (secondary N) is 2. The molecule has 0 spiro atoms. The molecule has 1 amide bonds. The van der Waals surface area contributed by atoms with Gasteiger partial charge in [0.15, 0.2) is 0 Å². The van der Waals surface area contributed by atoms with Crippen LogP contribution in [-0.4, -0.2) is 22.6 Å². The quantitative estimate of drug-likeness (QED) is 0.753. The summed E-state index contributed by atoms with van der Waals surface area (Å²) in [6.07, 6.45) is 0. The van der Waals surface area contributed by atoms with Gasteiger partial charge in [0.25, 0.3) is 11.6 Å². The Morgan fingerprint density at radius 2 is 2.08 bits per heavy atom. The summed E-state index contributed by atoms with van der Waals surface area (Å²) in [5.74, 6) is -0.197. The Morgan fingerprint density at radius 1 is 1.25 bits per heavy atom. The molecule has 3 rings (SSSR count). The number of fused-ring (bicyclic) bond motifs is 1. The average Bonchev–Trinajstić information content (AvgIpc) is 2.93. The molecule has 0 saturated carbocycles. The molecular formula is C18H20N4O2. The molecule has 24 heavy (non-hydrogen) atoms. The van der Waals surface area contributed by atoms with E-state index in [9.17, 15) is 4.79 Å². The monoisotopic (exact) mass is 324 g/mol. The van der Waals surface area contributed by atoms with Crippen molar-refractivity contribution in [1.29, 1.82) is 0 Å². The number of rotatable bonds is 5. The zero-order valence-electron chi connectivity index (χ0n) is 14.0. The Bertz CT molecular complexity index is 886. The number of aromatic nitrogens is 2. The van der Waals surface area contributed by atoms with Crippen molar-refractivity contribution in [2.75, 3.05) is 11.9 Å². The second-order valence-electron chi connectivity index (χ2n) is 5.69. The molecule has 0 aliphatic carbocycles. The predicted octanol–water partition coefficient (Wildman–Crippen LogP) is 3.20. The van der Waals surface area contributed by atoms with Crippen LogP contribution >= 0.6 is 0 Å². The molecule has 0 aliphatic rings. The molecule has 1 aromatic carbocycles. The Labute approximate surface area is 140 Å². The van der Waals surface area contributed by atoms with Gasteiger partial charge in [-0.1, -0.05) is 24.2 Å². The second kappa shape index (κ2) is 6.80. The lowest BCUT2D eigenvalue weighted by molar-refractivity contribution is 0.102. The molecule has 0 aliphatic heterocycles. The zero-order chi connectivity index (χ0) is 17.1. The van der Waals surface area contributed by atoms with Crippen LogP contribution in [0.25, 0.3) is 11.1 Å². The summed E-state index contributed by atoms with van der Waals surface area (Å²) in [5, 5.41) is 10.8. The largest absolute Gasteiger partial charge is 0.336 e. The third-order valence-corrected chi connectivity index (χ3v) is 3.75. The van der Waals surface area contributed by atoms with Gasteiger partial charge >= 0.3 is 0 Å². The van der Waals surface area contributed by atoms with E-state index in [1.165, 1.54) is 0 Å². The molecule has 2 aromatic heterocycles. The van der Waals surface area contributed by atoms with Gasteiger partial charge in [0.1, 0.15) is 0 Å². The van der Waals surface area contributed by atoms with E-state index in [-0.39, 0.29) is 5.91 Å². The van der Waals surface area contributed by atoms with Crippen LogP contribution in [0, 0.1) is 13.8 Å². The molecular weight excluding hydrogens is 304 g/mol. The Hall–Kier alpha value is -2.73. The summed E-state index contributed by atoms with van der Waals surface area (Å²) in [4.78, 5) is 17.0. The first-order valence-corrected chi connectivity index (χ1v) is 7.93. The number of carbonyl (C=O) groups excluding carboxylic acids is 1. The molecule has 0 radical (unpaired) electrons. The normalized spacial score (nSPS) is 11.0. The van der Waals surface area contributed by atoms with Crippen LogP contribution in [-0.2, 0) is 6.54 Å². The van der Waals surface area contributed by atoms with Crippen LogP contribution in [0.2, 0.25) is 0 Å². The molecule has 6 nitrogen and oxygen atoms in total. The van der Waals surface area contributed by atoms with Crippen LogP contribution in [0.3, 0.4) is 0 Å². The molecule has 3 aromatic rings. The number of nitrogens with zero attached hydrogens (tertiary/aromatic N) is 2. The first-order valence-electron chi connectivity index (χ1n) is 7.93. The van der Waals surface area contributed by atoms with Gasteiger partial charge in [-0.2, -0.15) is 0 Å². The summed E-state index contributed by atoms with van der Waals surface area (Å²) in [6, 6.07) is 9.55. The van der Waals surface area contributed by atoms with Crippen molar-refractivity contribution in [3.05, 3.63) is 52.8 Å². The molecule has 6 heteroatoms. The lowest BCUT2D eigenvalue weighted by Gasteiger charge is -2.09. The van der Waals surface area contributed by atoms with Crippen molar-refractivity contribution >= 4 is 22.7 Å². The lowest BCUT2D eigenvalue weighted by Crippen LogP contribution is -2.14. The van der Waals surface area contributed by atoms with Gasteiger partial charge in [0.05, 0.1) is 16.6 Å². The number of anilines is 1. The molecule has 0 fully saturated rings. The van der Waals surface area contributed by atoms with E-state index >= 15 is 0 Å². The third-order valence-electron chi connectivity index (χ3n) is 3.75.